The number of amidine groups is 1. The SMILES string of the molecule is C\C=C(/C=C(\C=C(/C)C#N)CC(C)CNC(c1ccc(C#N)cc1)c1cccc(C(=N)OC(=N)N)c1)CF. The molecule has 0 bridgehead atoms. The molecular weight excluding hydrogens is 479 g/mol. The molecule has 0 aliphatic carbocycles. The molecule has 0 saturated carbocycles. The van der Waals surface area contributed by atoms with Crippen molar-refractivity contribution in [1.29, 1.82) is 21.3 Å². The fraction of sp³-hybridized carbons (Fsp3) is 0.267. The molecule has 2 atom stereocenters. The van der Waals surface area contributed by atoms with Gasteiger partial charge in [-0.2, -0.15) is 10.5 Å². The molecule has 0 aliphatic rings. The summed E-state index contributed by atoms with van der Waals surface area (Å²) < 4.78 is 18.3. The summed E-state index contributed by atoms with van der Waals surface area (Å²) in [6, 6.07) is 17.9. The number of rotatable bonds is 11. The zero-order valence-electron chi connectivity index (χ0n) is 21.9. The van der Waals surface area contributed by atoms with Crippen molar-refractivity contribution in [3.05, 3.63) is 106 Å². The quantitative estimate of drug-likeness (QED) is 0.130. The maximum absolute atomic E-state index is 13.3. The third kappa shape index (κ3) is 9.16. The van der Waals surface area contributed by atoms with Gasteiger partial charge in [0.1, 0.15) is 6.67 Å². The first-order valence-corrected chi connectivity index (χ1v) is 12.1. The molecule has 0 radical (unpaired) electrons. The fourth-order valence-corrected chi connectivity index (χ4v) is 3.91. The van der Waals surface area contributed by atoms with Crippen LogP contribution in [0.4, 0.5) is 4.39 Å². The van der Waals surface area contributed by atoms with Crippen LogP contribution in [0.25, 0.3) is 0 Å². The summed E-state index contributed by atoms with van der Waals surface area (Å²) in [6.07, 6.45) is 5.93. The van der Waals surface area contributed by atoms with Crippen LogP contribution in [-0.2, 0) is 4.74 Å². The summed E-state index contributed by atoms with van der Waals surface area (Å²) in [7, 11) is 0. The lowest BCUT2D eigenvalue weighted by molar-refractivity contribution is 0.482. The molecular formula is C30H33FN6O. The van der Waals surface area contributed by atoms with Crippen LogP contribution in [0.2, 0.25) is 0 Å². The minimum atomic E-state index is -0.578. The molecule has 7 nitrogen and oxygen atoms in total. The van der Waals surface area contributed by atoms with E-state index in [4.69, 9.17) is 21.3 Å². The molecule has 2 aromatic rings. The maximum Gasteiger partial charge on any atom is 0.285 e. The predicted octanol–water partition coefficient (Wildman–Crippen LogP) is 5.81. The van der Waals surface area contributed by atoms with Gasteiger partial charge in [-0.3, -0.25) is 10.8 Å². The molecule has 0 aliphatic heterocycles. The van der Waals surface area contributed by atoms with Crippen LogP contribution in [0.5, 0.6) is 0 Å². The Hall–Kier alpha value is -4.53. The van der Waals surface area contributed by atoms with Gasteiger partial charge in [0.15, 0.2) is 0 Å². The molecule has 2 aromatic carbocycles. The number of hydrogen-bond donors (Lipinski definition) is 4. The molecule has 38 heavy (non-hydrogen) atoms. The second kappa shape index (κ2) is 14.9. The molecule has 8 heteroatoms. The molecule has 2 rings (SSSR count). The number of nitrogens with two attached hydrogens (primary N) is 1. The summed E-state index contributed by atoms with van der Waals surface area (Å²) >= 11 is 0. The fourth-order valence-electron chi connectivity index (χ4n) is 3.91. The monoisotopic (exact) mass is 512 g/mol. The average Bonchev–Trinajstić information content (AvgIpc) is 2.91. The van der Waals surface area contributed by atoms with Crippen molar-refractivity contribution in [2.24, 2.45) is 11.7 Å². The highest BCUT2D eigenvalue weighted by Gasteiger charge is 2.17. The van der Waals surface area contributed by atoms with Gasteiger partial charge in [0, 0.05) is 11.1 Å². The lowest BCUT2D eigenvalue weighted by atomic mass is 9.94. The van der Waals surface area contributed by atoms with Crippen molar-refractivity contribution < 1.29 is 9.13 Å². The molecule has 0 heterocycles. The van der Waals surface area contributed by atoms with Gasteiger partial charge in [0.25, 0.3) is 6.02 Å². The maximum atomic E-state index is 13.3. The molecule has 0 spiro atoms. The Morgan fingerprint density at radius 2 is 1.82 bits per heavy atom. The Morgan fingerprint density at radius 3 is 2.39 bits per heavy atom. The van der Waals surface area contributed by atoms with Crippen molar-refractivity contribution in [3.63, 3.8) is 0 Å². The van der Waals surface area contributed by atoms with E-state index < -0.39 is 12.7 Å². The Balaban J connectivity index is 2.34. The largest absolute Gasteiger partial charge is 0.407 e. The molecule has 0 amide bonds. The summed E-state index contributed by atoms with van der Waals surface area (Å²) in [5, 5.41) is 37.4. The van der Waals surface area contributed by atoms with E-state index in [-0.39, 0.29) is 17.9 Å². The smallest absolute Gasteiger partial charge is 0.285 e. The minimum absolute atomic E-state index is 0.130. The van der Waals surface area contributed by atoms with E-state index in [1.807, 2.05) is 18.2 Å². The zero-order valence-corrected chi connectivity index (χ0v) is 21.9. The van der Waals surface area contributed by atoms with Crippen molar-refractivity contribution in [2.75, 3.05) is 13.2 Å². The first kappa shape index (κ1) is 29.7. The van der Waals surface area contributed by atoms with Crippen LogP contribution in [0.3, 0.4) is 0 Å². The first-order valence-electron chi connectivity index (χ1n) is 12.1. The van der Waals surface area contributed by atoms with Gasteiger partial charge < -0.3 is 15.8 Å². The minimum Gasteiger partial charge on any atom is -0.407 e. The zero-order chi connectivity index (χ0) is 28.1. The average molecular weight is 513 g/mol. The van der Waals surface area contributed by atoms with Crippen molar-refractivity contribution >= 4 is 11.9 Å². The summed E-state index contributed by atoms with van der Waals surface area (Å²) in [5.41, 5.74) is 10.1. The molecule has 2 unspecified atom stereocenters. The highest BCUT2D eigenvalue weighted by atomic mass is 19.1. The second-order valence-corrected chi connectivity index (χ2v) is 8.96. The van der Waals surface area contributed by atoms with E-state index in [1.165, 1.54) is 0 Å². The topological polar surface area (TPSA) is 143 Å². The molecule has 0 aromatic heterocycles. The second-order valence-electron chi connectivity index (χ2n) is 8.96. The van der Waals surface area contributed by atoms with Gasteiger partial charge in [-0.15, -0.1) is 0 Å². The third-order valence-corrected chi connectivity index (χ3v) is 5.80. The normalized spacial score (nSPS) is 13.7. The van der Waals surface area contributed by atoms with Crippen LogP contribution in [0.1, 0.15) is 55.5 Å². The van der Waals surface area contributed by atoms with Crippen molar-refractivity contribution in [1.82, 2.24) is 5.32 Å². The Labute approximate surface area is 223 Å². The highest BCUT2D eigenvalue weighted by Crippen LogP contribution is 2.25. The first-order chi connectivity index (χ1) is 18.2. The van der Waals surface area contributed by atoms with E-state index in [9.17, 15) is 14.9 Å². The number of nitrogens with zero attached hydrogens (tertiary/aromatic N) is 2. The number of benzene rings is 2. The summed E-state index contributed by atoms with van der Waals surface area (Å²) in [5.74, 6) is -0.0986. The van der Waals surface area contributed by atoms with E-state index in [1.54, 1.807) is 62.4 Å². The van der Waals surface area contributed by atoms with Crippen LogP contribution >= 0.6 is 0 Å². The third-order valence-electron chi connectivity index (χ3n) is 5.80. The van der Waals surface area contributed by atoms with Gasteiger partial charge in [-0.1, -0.05) is 43.3 Å². The van der Waals surface area contributed by atoms with Crippen molar-refractivity contribution in [2.45, 2.75) is 33.2 Å². The Bertz CT molecular complexity index is 1310. The van der Waals surface area contributed by atoms with Crippen molar-refractivity contribution in [3.8, 4) is 12.1 Å². The number of hydrogen-bond acceptors (Lipinski definition) is 6. The predicted molar refractivity (Wildman–Crippen MR) is 148 cm³/mol. The summed E-state index contributed by atoms with van der Waals surface area (Å²) in [4.78, 5) is 0. The van der Waals surface area contributed by atoms with Gasteiger partial charge in [-0.05, 0) is 85.3 Å². The summed E-state index contributed by atoms with van der Waals surface area (Å²) in [6.45, 7) is 5.60. The van der Waals surface area contributed by atoms with Crippen LogP contribution in [0, 0.1) is 39.4 Å². The van der Waals surface area contributed by atoms with Gasteiger partial charge in [0.2, 0.25) is 5.90 Å². The lowest BCUT2D eigenvalue weighted by Crippen LogP contribution is -2.28. The lowest BCUT2D eigenvalue weighted by Gasteiger charge is -2.23. The molecule has 196 valence electrons. The number of nitrogens with one attached hydrogen (secondary N) is 3. The molecule has 0 saturated heterocycles. The van der Waals surface area contributed by atoms with Crippen LogP contribution < -0.4 is 11.1 Å². The number of halogens is 1. The molecule has 0 fully saturated rings. The van der Waals surface area contributed by atoms with Crippen LogP contribution in [0.15, 0.2) is 83.5 Å². The van der Waals surface area contributed by atoms with E-state index in [2.05, 4.69) is 24.4 Å². The number of nitriles is 2. The molecule has 5 N–H and O–H groups in total. The van der Waals surface area contributed by atoms with E-state index in [0.717, 1.165) is 16.7 Å². The number of alkyl halides is 1. The number of allylic oxidation sites excluding steroid dienone is 6. The van der Waals surface area contributed by atoms with Gasteiger partial charge >= 0.3 is 0 Å². The highest BCUT2D eigenvalue weighted by molar-refractivity contribution is 5.98. The van der Waals surface area contributed by atoms with Gasteiger partial charge in [0.05, 0.1) is 23.7 Å². The van der Waals surface area contributed by atoms with E-state index in [0.29, 0.717) is 35.2 Å². The van der Waals surface area contributed by atoms with Gasteiger partial charge in [-0.25, -0.2) is 4.39 Å². The van der Waals surface area contributed by atoms with E-state index >= 15 is 0 Å². The number of ether oxygens (including phenoxy) is 1. The Kier molecular flexibility index (Phi) is 11.6. The standard InChI is InChI=1S/C30H33FN6O/c1-4-22(16-31)14-24(12-20(2)17-32)13-21(3)19-37-28(25-10-8-23(18-33)9-11-25)26-6-5-7-27(15-26)29(34)38-30(35)36/h4-12,14-15,21,28,34,37H,13,16,19H2,1-3H3,(H3,35,36)/b20-12+,22-4+,24-14+,34-29?. The van der Waals surface area contributed by atoms with Crippen LogP contribution in [-0.4, -0.2) is 25.1 Å². The Morgan fingerprint density at radius 1 is 1.11 bits per heavy atom.